The number of sulfonamides is 1. The van der Waals surface area contributed by atoms with Gasteiger partial charge >= 0.3 is 0 Å². The molecule has 0 bridgehead atoms. The molecule has 2 heterocycles. The van der Waals surface area contributed by atoms with Crippen LogP contribution in [-0.2, 0) is 16.6 Å². The zero-order valence-corrected chi connectivity index (χ0v) is 17.4. The normalized spacial score (nSPS) is 14.8. The highest BCUT2D eigenvalue weighted by Gasteiger charge is 2.24. The van der Waals surface area contributed by atoms with E-state index in [0.29, 0.717) is 23.4 Å². The maximum atomic E-state index is 13.1. The Hall–Kier alpha value is -2.29. The number of pyridine rings is 1. The smallest absolute Gasteiger partial charge is 0.235 e. The third-order valence-corrected chi connectivity index (χ3v) is 6.91. The lowest BCUT2D eigenvalue weighted by molar-refractivity contribution is 0.100. The molecule has 1 fully saturated rings. The van der Waals surface area contributed by atoms with Gasteiger partial charge in [-0.3, -0.25) is 14.1 Å². The minimum atomic E-state index is -3.52. The number of ketones is 1. The van der Waals surface area contributed by atoms with E-state index < -0.39 is 10.0 Å². The molecule has 0 spiro atoms. The van der Waals surface area contributed by atoms with Crippen molar-refractivity contribution in [1.82, 2.24) is 9.88 Å². The lowest BCUT2D eigenvalue weighted by Crippen LogP contribution is -2.34. The SMILES string of the molecule is NCC(=O)c1ccc(CN(c2ccccc2)S(=O)(=O)CCCN2CCCC2)nc1. The van der Waals surface area contributed by atoms with Crippen molar-refractivity contribution in [3.8, 4) is 0 Å². The maximum Gasteiger partial charge on any atom is 0.235 e. The molecule has 7 nitrogen and oxygen atoms in total. The Bertz CT molecular complexity index is 895. The highest BCUT2D eigenvalue weighted by atomic mass is 32.2. The first kappa shape index (κ1) is 21.4. The van der Waals surface area contributed by atoms with Crippen LogP contribution < -0.4 is 10.0 Å². The van der Waals surface area contributed by atoms with E-state index in [1.165, 1.54) is 23.3 Å². The fourth-order valence-electron chi connectivity index (χ4n) is 3.48. The third kappa shape index (κ3) is 5.85. The Morgan fingerprint density at radius 2 is 1.83 bits per heavy atom. The Morgan fingerprint density at radius 3 is 2.45 bits per heavy atom. The quantitative estimate of drug-likeness (QED) is 0.596. The van der Waals surface area contributed by atoms with E-state index in [-0.39, 0.29) is 24.6 Å². The first-order chi connectivity index (χ1) is 14.0. The van der Waals surface area contributed by atoms with Crippen LogP contribution in [0, 0.1) is 0 Å². The number of carbonyl (C=O) groups excluding carboxylic acids is 1. The van der Waals surface area contributed by atoms with Crippen LogP contribution in [0.2, 0.25) is 0 Å². The molecule has 0 amide bonds. The summed E-state index contributed by atoms with van der Waals surface area (Å²) in [5.74, 6) is -0.110. The fourth-order valence-corrected chi connectivity index (χ4v) is 4.97. The summed E-state index contributed by atoms with van der Waals surface area (Å²) < 4.78 is 27.7. The van der Waals surface area contributed by atoms with Crippen molar-refractivity contribution in [2.45, 2.75) is 25.8 Å². The summed E-state index contributed by atoms with van der Waals surface area (Å²) in [6.45, 7) is 2.95. The minimum Gasteiger partial charge on any atom is -0.324 e. The minimum absolute atomic E-state index is 0.0808. The number of hydrogen-bond donors (Lipinski definition) is 1. The summed E-state index contributed by atoms with van der Waals surface area (Å²) >= 11 is 0. The Balaban J connectivity index is 1.74. The molecule has 156 valence electrons. The highest BCUT2D eigenvalue weighted by molar-refractivity contribution is 7.92. The van der Waals surface area contributed by atoms with E-state index in [2.05, 4.69) is 9.88 Å². The second-order valence-electron chi connectivity index (χ2n) is 7.23. The van der Waals surface area contributed by atoms with Crippen molar-refractivity contribution >= 4 is 21.5 Å². The fraction of sp³-hybridized carbons (Fsp3) is 0.429. The number of nitrogens with two attached hydrogens (primary N) is 1. The zero-order valence-electron chi connectivity index (χ0n) is 16.5. The van der Waals surface area contributed by atoms with Crippen LogP contribution in [0.1, 0.15) is 35.3 Å². The van der Waals surface area contributed by atoms with Gasteiger partial charge in [-0.1, -0.05) is 18.2 Å². The van der Waals surface area contributed by atoms with Gasteiger partial charge in [0, 0.05) is 11.8 Å². The standard InChI is InChI=1S/C21H28N4O3S/c22-15-21(26)18-9-10-19(23-16-18)17-25(20-7-2-1-3-8-20)29(27,28)14-6-13-24-11-4-5-12-24/h1-3,7-10,16H,4-6,11-15,17,22H2. The van der Waals surface area contributed by atoms with E-state index >= 15 is 0 Å². The average Bonchev–Trinajstić information content (AvgIpc) is 3.26. The Kier molecular flexibility index (Phi) is 7.35. The Labute approximate surface area is 172 Å². The molecular formula is C21H28N4O3S. The molecule has 0 atom stereocenters. The van der Waals surface area contributed by atoms with Crippen molar-refractivity contribution in [2.24, 2.45) is 5.73 Å². The lowest BCUT2D eigenvalue weighted by atomic mass is 10.2. The second-order valence-corrected chi connectivity index (χ2v) is 9.24. The molecule has 0 aliphatic carbocycles. The van der Waals surface area contributed by atoms with E-state index in [1.54, 1.807) is 24.3 Å². The van der Waals surface area contributed by atoms with Gasteiger partial charge in [0.25, 0.3) is 0 Å². The van der Waals surface area contributed by atoms with Crippen LogP contribution in [0.5, 0.6) is 0 Å². The molecule has 1 aliphatic heterocycles. The molecule has 29 heavy (non-hydrogen) atoms. The predicted molar refractivity (Wildman–Crippen MR) is 114 cm³/mol. The monoisotopic (exact) mass is 416 g/mol. The van der Waals surface area contributed by atoms with Gasteiger partial charge in [-0.2, -0.15) is 0 Å². The summed E-state index contributed by atoms with van der Waals surface area (Å²) in [6, 6.07) is 12.4. The summed E-state index contributed by atoms with van der Waals surface area (Å²) in [6.07, 6.45) is 4.44. The van der Waals surface area contributed by atoms with Gasteiger partial charge in [0.1, 0.15) is 0 Å². The number of para-hydroxylation sites is 1. The zero-order chi connectivity index (χ0) is 20.7. The van der Waals surface area contributed by atoms with Crippen LogP contribution in [0.3, 0.4) is 0 Å². The topological polar surface area (TPSA) is 96.6 Å². The average molecular weight is 417 g/mol. The van der Waals surface area contributed by atoms with Crippen molar-refractivity contribution in [3.63, 3.8) is 0 Å². The van der Waals surface area contributed by atoms with E-state index in [0.717, 1.165) is 19.6 Å². The molecule has 0 radical (unpaired) electrons. The van der Waals surface area contributed by atoms with E-state index in [1.807, 2.05) is 18.2 Å². The number of Topliss-reactive ketones (excluding diaryl/α,β-unsaturated/α-hetero) is 1. The molecule has 1 aromatic carbocycles. The number of carbonyl (C=O) groups is 1. The van der Waals surface area contributed by atoms with Crippen LogP contribution in [0.15, 0.2) is 48.7 Å². The van der Waals surface area contributed by atoms with Crippen molar-refractivity contribution in [2.75, 3.05) is 36.2 Å². The largest absolute Gasteiger partial charge is 0.324 e. The number of anilines is 1. The van der Waals surface area contributed by atoms with Crippen LogP contribution in [0.4, 0.5) is 5.69 Å². The molecule has 2 N–H and O–H groups in total. The Morgan fingerprint density at radius 1 is 1.10 bits per heavy atom. The molecule has 2 aromatic rings. The molecule has 0 saturated carbocycles. The molecule has 8 heteroatoms. The van der Waals surface area contributed by atoms with Gasteiger partial charge in [0.15, 0.2) is 5.78 Å². The van der Waals surface area contributed by atoms with Crippen molar-refractivity contribution in [1.29, 1.82) is 0 Å². The molecule has 1 saturated heterocycles. The van der Waals surface area contributed by atoms with Gasteiger partial charge in [0.2, 0.25) is 10.0 Å². The van der Waals surface area contributed by atoms with E-state index in [9.17, 15) is 13.2 Å². The summed E-state index contributed by atoms with van der Waals surface area (Å²) in [5.41, 5.74) is 6.99. The molecular weight excluding hydrogens is 388 g/mol. The highest BCUT2D eigenvalue weighted by Crippen LogP contribution is 2.21. The van der Waals surface area contributed by atoms with Crippen LogP contribution >= 0.6 is 0 Å². The summed E-state index contributed by atoms with van der Waals surface area (Å²) in [7, 11) is -3.52. The number of benzene rings is 1. The predicted octanol–water partition coefficient (Wildman–Crippen LogP) is 2.05. The van der Waals surface area contributed by atoms with Crippen LogP contribution in [0.25, 0.3) is 0 Å². The van der Waals surface area contributed by atoms with Crippen molar-refractivity contribution < 1.29 is 13.2 Å². The van der Waals surface area contributed by atoms with Crippen LogP contribution in [-0.4, -0.2) is 56.0 Å². The van der Waals surface area contributed by atoms with Gasteiger partial charge in [-0.05, 0) is 63.2 Å². The molecule has 0 unspecified atom stereocenters. The van der Waals surface area contributed by atoms with Gasteiger partial charge in [-0.15, -0.1) is 0 Å². The first-order valence-electron chi connectivity index (χ1n) is 9.95. The van der Waals surface area contributed by atoms with Gasteiger partial charge < -0.3 is 10.6 Å². The number of hydrogen-bond acceptors (Lipinski definition) is 6. The van der Waals surface area contributed by atoms with Crippen molar-refractivity contribution in [3.05, 3.63) is 59.9 Å². The van der Waals surface area contributed by atoms with Gasteiger partial charge in [-0.25, -0.2) is 8.42 Å². The third-order valence-electron chi connectivity index (χ3n) is 5.09. The first-order valence-corrected chi connectivity index (χ1v) is 11.6. The summed E-state index contributed by atoms with van der Waals surface area (Å²) in [5, 5.41) is 0. The lowest BCUT2D eigenvalue weighted by Gasteiger charge is -2.25. The van der Waals surface area contributed by atoms with E-state index in [4.69, 9.17) is 5.73 Å². The maximum absolute atomic E-state index is 13.1. The molecule has 1 aliphatic rings. The number of likely N-dealkylation sites (tertiary alicyclic amines) is 1. The van der Waals surface area contributed by atoms with Gasteiger partial charge in [0.05, 0.1) is 30.2 Å². The molecule has 3 rings (SSSR count). The summed E-state index contributed by atoms with van der Waals surface area (Å²) in [4.78, 5) is 18.3. The molecule has 1 aromatic heterocycles. The number of rotatable bonds is 10. The second kappa shape index (κ2) is 9.96. The number of aromatic nitrogens is 1. The number of nitrogens with zero attached hydrogens (tertiary/aromatic N) is 3.